The number of hydrogen-bond acceptors (Lipinski definition) is 4. The first kappa shape index (κ1) is 23.6. The van der Waals surface area contributed by atoms with Crippen molar-refractivity contribution in [3.63, 3.8) is 0 Å². The molecule has 1 atom stereocenters. The molecule has 0 aromatic heterocycles. The van der Waals surface area contributed by atoms with Crippen molar-refractivity contribution < 1.29 is 14.3 Å². The highest BCUT2D eigenvalue weighted by molar-refractivity contribution is 6.32. The number of amides is 1. The topological polar surface area (TPSA) is 50.8 Å². The molecular formula is C25H33ClN2O3. The molecule has 1 saturated heterocycles. The van der Waals surface area contributed by atoms with Gasteiger partial charge in [-0.25, -0.2) is 0 Å². The van der Waals surface area contributed by atoms with Gasteiger partial charge in [-0.05, 0) is 56.9 Å². The van der Waals surface area contributed by atoms with Crippen LogP contribution < -0.4 is 10.1 Å². The molecule has 3 rings (SSSR count). The van der Waals surface area contributed by atoms with E-state index in [0.29, 0.717) is 35.5 Å². The van der Waals surface area contributed by atoms with E-state index in [1.165, 1.54) is 11.1 Å². The van der Waals surface area contributed by atoms with Gasteiger partial charge in [-0.15, -0.1) is 0 Å². The normalized spacial score (nSPS) is 16.1. The van der Waals surface area contributed by atoms with Crippen LogP contribution in [0, 0.1) is 6.92 Å². The average Bonchev–Trinajstić information content (AvgIpc) is 2.77. The Morgan fingerprint density at radius 2 is 1.90 bits per heavy atom. The lowest BCUT2D eigenvalue weighted by Crippen LogP contribution is -2.43. The number of ether oxygens (including phenoxy) is 2. The van der Waals surface area contributed by atoms with E-state index < -0.39 is 0 Å². The van der Waals surface area contributed by atoms with Gasteiger partial charge < -0.3 is 19.7 Å². The lowest BCUT2D eigenvalue weighted by Gasteiger charge is -2.36. The average molecular weight is 445 g/mol. The van der Waals surface area contributed by atoms with Gasteiger partial charge in [0.05, 0.1) is 11.6 Å². The van der Waals surface area contributed by atoms with E-state index in [1.54, 1.807) is 25.3 Å². The molecule has 1 fully saturated rings. The van der Waals surface area contributed by atoms with Crippen LogP contribution in [0.1, 0.15) is 41.3 Å². The third-order valence-corrected chi connectivity index (χ3v) is 6.13. The molecule has 0 radical (unpaired) electrons. The maximum absolute atomic E-state index is 12.1. The van der Waals surface area contributed by atoms with Crippen molar-refractivity contribution in [2.24, 2.45) is 0 Å². The molecule has 6 heteroatoms. The van der Waals surface area contributed by atoms with Crippen LogP contribution in [0.2, 0.25) is 5.02 Å². The van der Waals surface area contributed by atoms with E-state index in [2.05, 4.69) is 48.3 Å². The van der Waals surface area contributed by atoms with E-state index in [0.717, 1.165) is 32.4 Å². The van der Waals surface area contributed by atoms with Gasteiger partial charge in [-0.2, -0.15) is 0 Å². The Morgan fingerprint density at radius 1 is 1.19 bits per heavy atom. The van der Waals surface area contributed by atoms with Crippen LogP contribution in [0.3, 0.4) is 0 Å². The summed E-state index contributed by atoms with van der Waals surface area (Å²) in [6.45, 7) is 7.38. The van der Waals surface area contributed by atoms with Gasteiger partial charge in [-0.3, -0.25) is 4.79 Å². The molecule has 0 saturated carbocycles. The number of aryl methyl sites for hydroxylation is 1. The summed E-state index contributed by atoms with van der Waals surface area (Å²) in [5.41, 5.74) is 3.20. The Kier molecular flexibility index (Phi) is 8.76. The van der Waals surface area contributed by atoms with Crippen molar-refractivity contribution in [3.8, 4) is 5.75 Å². The molecule has 0 spiro atoms. The highest BCUT2D eigenvalue weighted by Crippen LogP contribution is 2.29. The van der Waals surface area contributed by atoms with Gasteiger partial charge >= 0.3 is 0 Å². The number of rotatable bonds is 9. The first-order valence-corrected chi connectivity index (χ1v) is 11.4. The molecule has 2 aromatic rings. The first-order valence-electron chi connectivity index (χ1n) is 11.0. The smallest absolute Gasteiger partial charge is 0.251 e. The summed E-state index contributed by atoms with van der Waals surface area (Å²) in [6, 6.07) is 14.5. The van der Waals surface area contributed by atoms with Gasteiger partial charge in [0.2, 0.25) is 0 Å². The van der Waals surface area contributed by atoms with E-state index >= 15 is 0 Å². The summed E-state index contributed by atoms with van der Waals surface area (Å²) in [5.74, 6) is 0.475. The second kappa shape index (κ2) is 11.5. The highest BCUT2D eigenvalue weighted by Gasteiger charge is 2.24. The highest BCUT2D eigenvalue weighted by atomic mass is 35.5. The second-order valence-corrected chi connectivity index (χ2v) is 8.69. The van der Waals surface area contributed by atoms with Crippen LogP contribution in [-0.2, 0) is 11.2 Å². The van der Waals surface area contributed by atoms with Gasteiger partial charge in [0.15, 0.2) is 0 Å². The predicted octanol–water partition coefficient (Wildman–Crippen LogP) is 4.50. The van der Waals surface area contributed by atoms with E-state index in [-0.39, 0.29) is 12.0 Å². The molecule has 0 bridgehead atoms. The molecule has 1 N–H and O–H groups in total. The summed E-state index contributed by atoms with van der Waals surface area (Å²) >= 11 is 6.39. The Bertz CT molecular complexity index is 848. The minimum Gasteiger partial charge on any atom is -0.489 e. The van der Waals surface area contributed by atoms with Crippen LogP contribution >= 0.6 is 11.6 Å². The van der Waals surface area contributed by atoms with Crippen molar-refractivity contribution in [3.05, 3.63) is 64.2 Å². The van der Waals surface area contributed by atoms with Gasteiger partial charge in [0.25, 0.3) is 5.91 Å². The number of likely N-dealkylation sites (tertiary alicyclic amines) is 1. The van der Waals surface area contributed by atoms with Gasteiger partial charge in [0, 0.05) is 38.3 Å². The third kappa shape index (κ3) is 6.96. The monoisotopic (exact) mass is 444 g/mol. The Balaban J connectivity index is 1.47. The number of benzene rings is 2. The SMILES string of the molecule is COCCNC(=O)c1ccc(OC2CCN([C@@H](C)Cc3ccc(C)cc3)CC2)c(Cl)c1. The minimum atomic E-state index is -0.165. The van der Waals surface area contributed by atoms with Crippen molar-refractivity contribution in [1.29, 1.82) is 0 Å². The molecule has 0 unspecified atom stereocenters. The zero-order valence-corrected chi connectivity index (χ0v) is 19.5. The van der Waals surface area contributed by atoms with Crippen molar-refractivity contribution in [2.45, 2.75) is 45.3 Å². The molecule has 1 aliphatic rings. The molecular weight excluding hydrogens is 412 g/mol. The number of nitrogens with one attached hydrogen (secondary N) is 1. The van der Waals surface area contributed by atoms with E-state index in [9.17, 15) is 4.79 Å². The number of hydrogen-bond donors (Lipinski definition) is 1. The summed E-state index contributed by atoms with van der Waals surface area (Å²) in [4.78, 5) is 14.7. The summed E-state index contributed by atoms with van der Waals surface area (Å²) < 4.78 is 11.1. The Labute approximate surface area is 190 Å². The summed E-state index contributed by atoms with van der Waals surface area (Å²) in [5, 5.41) is 3.26. The molecule has 168 valence electrons. The Hall–Kier alpha value is -2.08. The number of nitrogens with zero attached hydrogens (tertiary/aromatic N) is 1. The second-order valence-electron chi connectivity index (χ2n) is 8.29. The molecule has 1 amide bonds. The van der Waals surface area contributed by atoms with Gasteiger partial charge in [0.1, 0.15) is 11.9 Å². The lowest BCUT2D eigenvalue weighted by molar-refractivity contribution is 0.0799. The van der Waals surface area contributed by atoms with E-state index in [4.69, 9.17) is 21.1 Å². The molecule has 31 heavy (non-hydrogen) atoms. The van der Waals surface area contributed by atoms with Crippen LogP contribution in [0.15, 0.2) is 42.5 Å². The molecule has 2 aromatic carbocycles. The number of methoxy groups -OCH3 is 1. The zero-order chi connectivity index (χ0) is 22.2. The fraction of sp³-hybridized carbons (Fsp3) is 0.480. The summed E-state index contributed by atoms with van der Waals surface area (Å²) in [6.07, 6.45) is 3.13. The standard InChI is InChI=1S/C25H33ClN2O3/c1-18-4-6-20(7-5-18)16-19(2)28-13-10-22(11-14-28)31-24-9-8-21(17-23(24)26)25(29)27-12-15-30-3/h4-9,17,19,22H,10-16H2,1-3H3,(H,27,29)/t19-/m0/s1. The number of halogens is 1. The quantitative estimate of drug-likeness (QED) is 0.578. The number of carbonyl (C=O) groups excluding carboxylic acids is 1. The molecule has 1 aliphatic heterocycles. The predicted molar refractivity (Wildman–Crippen MR) is 125 cm³/mol. The van der Waals surface area contributed by atoms with Crippen molar-refractivity contribution in [2.75, 3.05) is 33.4 Å². The fourth-order valence-corrected chi connectivity index (χ4v) is 4.14. The first-order chi connectivity index (χ1) is 15.0. The lowest BCUT2D eigenvalue weighted by atomic mass is 10.0. The molecule has 5 nitrogen and oxygen atoms in total. The van der Waals surface area contributed by atoms with E-state index in [1.807, 2.05) is 0 Å². The largest absolute Gasteiger partial charge is 0.489 e. The number of carbonyl (C=O) groups is 1. The maximum atomic E-state index is 12.1. The van der Waals surface area contributed by atoms with Crippen molar-refractivity contribution in [1.82, 2.24) is 10.2 Å². The van der Waals surface area contributed by atoms with Crippen molar-refractivity contribution >= 4 is 17.5 Å². The number of piperidine rings is 1. The zero-order valence-electron chi connectivity index (χ0n) is 18.7. The van der Waals surface area contributed by atoms with Crippen LogP contribution in [0.4, 0.5) is 0 Å². The third-order valence-electron chi connectivity index (χ3n) is 5.83. The van der Waals surface area contributed by atoms with Crippen LogP contribution in [0.25, 0.3) is 0 Å². The fourth-order valence-electron chi connectivity index (χ4n) is 3.91. The Morgan fingerprint density at radius 3 is 2.55 bits per heavy atom. The molecule has 0 aliphatic carbocycles. The maximum Gasteiger partial charge on any atom is 0.251 e. The van der Waals surface area contributed by atoms with Crippen LogP contribution in [-0.4, -0.2) is 56.3 Å². The minimum absolute atomic E-state index is 0.140. The molecule has 1 heterocycles. The summed E-state index contributed by atoms with van der Waals surface area (Å²) in [7, 11) is 1.60. The van der Waals surface area contributed by atoms with Gasteiger partial charge in [-0.1, -0.05) is 41.4 Å². The van der Waals surface area contributed by atoms with Crippen LogP contribution in [0.5, 0.6) is 5.75 Å².